The Morgan fingerprint density at radius 1 is 1.18 bits per heavy atom. The number of pyridine rings is 1. The van der Waals surface area contributed by atoms with Crippen LogP contribution < -0.4 is 10.6 Å². The van der Waals surface area contributed by atoms with Crippen LogP contribution in [0.3, 0.4) is 0 Å². The van der Waals surface area contributed by atoms with E-state index in [0.29, 0.717) is 6.61 Å². The highest BCUT2D eigenvalue weighted by Gasteiger charge is 2.16. The third kappa shape index (κ3) is 3.78. The molecule has 1 aromatic carbocycles. The molecule has 3 heterocycles. The van der Waals surface area contributed by atoms with E-state index in [1.165, 1.54) is 0 Å². The molecule has 1 N–H and O–H groups in total. The van der Waals surface area contributed by atoms with Crippen molar-refractivity contribution in [1.29, 1.82) is 0 Å². The maximum Gasteiger partial charge on any atom is 0.185 e. The van der Waals surface area contributed by atoms with E-state index in [1.807, 2.05) is 42.2 Å². The van der Waals surface area contributed by atoms with E-state index in [2.05, 4.69) is 43.7 Å². The zero-order valence-electron chi connectivity index (χ0n) is 16.0. The van der Waals surface area contributed by atoms with Crippen molar-refractivity contribution in [2.45, 2.75) is 13.0 Å². The second-order valence-electron chi connectivity index (χ2n) is 6.69. The maximum absolute atomic E-state index is 5.18. The molecule has 0 aliphatic carbocycles. The first kappa shape index (κ1) is 19.0. The van der Waals surface area contributed by atoms with Crippen molar-refractivity contribution < 1.29 is 4.74 Å². The Hall–Kier alpha value is -2.34. The average molecular weight is 411 g/mol. The van der Waals surface area contributed by atoms with E-state index in [1.54, 1.807) is 18.4 Å². The number of benzene rings is 1. The highest BCUT2D eigenvalue weighted by atomic mass is 32.1. The van der Waals surface area contributed by atoms with Gasteiger partial charge in [0.25, 0.3) is 0 Å². The Morgan fingerprint density at radius 2 is 2.00 bits per heavy atom. The summed E-state index contributed by atoms with van der Waals surface area (Å²) in [6.45, 7) is 2.69. The molecule has 0 aliphatic rings. The Balaban J connectivity index is 1.73. The summed E-state index contributed by atoms with van der Waals surface area (Å²) in [6.07, 6.45) is 2.02. The van der Waals surface area contributed by atoms with E-state index in [0.717, 1.165) is 43.3 Å². The number of methoxy groups -OCH3 is 1. The lowest BCUT2D eigenvalue weighted by Gasteiger charge is -2.10. The van der Waals surface area contributed by atoms with Gasteiger partial charge in [-0.1, -0.05) is 35.6 Å². The van der Waals surface area contributed by atoms with Gasteiger partial charge in [0.2, 0.25) is 0 Å². The van der Waals surface area contributed by atoms with E-state index in [-0.39, 0.29) is 6.04 Å². The molecule has 6 nitrogen and oxygen atoms in total. The maximum atomic E-state index is 5.18. The van der Waals surface area contributed by atoms with Crippen molar-refractivity contribution in [2.24, 2.45) is 7.05 Å². The summed E-state index contributed by atoms with van der Waals surface area (Å²) >= 11 is 1.55. The molecule has 1 unspecified atom stereocenters. The largest absolute Gasteiger partial charge is 0.383 e. The molecule has 28 heavy (non-hydrogen) atoms. The lowest BCUT2D eigenvalue weighted by atomic mass is 10.1. The van der Waals surface area contributed by atoms with Crippen molar-refractivity contribution >= 4 is 41.4 Å². The molecule has 0 bridgehead atoms. The minimum Gasteiger partial charge on any atom is -0.383 e. The highest BCUT2D eigenvalue weighted by molar-refractivity contribution is 7.28. The van der Waals surface area contributed by atoms with Crippen molar-refractivity contribution in [3.63, 3.8) is 0 Å². The van der Waals surface area contributed by atoms with Gasteiger partial charge in [-0.3, -0.25) is 4.68 Å². The molecular formula is C20H22N5OPS. The number of rotatable bonds is 6. The van der Waals surface area contributed by atoms with E-state index in [9.17, 15) is 0 Å². The Labute approximate surface area is 170 Å². The number of fused-ring (bicyclic) bond motifs is 1. The molecule has 8 heteroatoms. The first-order valence-corrected chi connectivity index (χ1v) is 10.4. The Kier molecular flexibility index (Phi) is 5.40. The summed E-state index contributed by atoms with van der Waals surface area (Å²) in [5, 5.41) is 10.0. The van der Waals surface area contributed by atoms with Gasteiger partial charge in [-0.05, 0) is 24.4 Å². The van der Waals surface area contributed by atoms with E-state index < -0.39 is 0 Å². The fourth-order valence-electron chi connectivity index (χ4n) is 3.12. The van der Waals surface area contributed by atoms with Crippen LogP contribution in [0.25, 0.3) is 32.9 Å². The number of aromatic nitrogens is 4. The van der Waals surface area contributed by atoms with Crippen LogP contribution in [0.1, 0.15) is 6.92 Å². The Morgan fingerprint density at radius 3 is 2.79 bits per heavy atom. The zero-order chi connectivity index (χ0) is 19.7. The quantitative estimate of drug-likeness (QED) is 0.490. The third-order valence-electron chi connectivity index (χ3n) is 4.36. The summed E-state index contributed by atoms with van der Waals surface area (Å²) in [6, 6.07) is 12.4. The summed E-state index contributed by atoms with van der Waals surface area (Å²) in [5.41, 5.74) is 4.80. The van der Waals surface area contributed by atoms with Crippen LogP contribution in [0.15, 0.2) is 42.6 Å². The number of ether oxygens (including phenoxy) is 1. The van der Waals surface area contributed by atoms with Gasteiger partial charge in [0.15, 0.2) is 5.13 Å². The second kappa shape index (κ2) is 7.95. The van der Waals surface area contributed by atoms with Crippen LogP contribution >= 0.6 is 20.6 Å². The van der Waals surface area contributed by atoms with E-state index in [4.69, 9.17) is 9.72 Å². The van der Waals surface area contributed by atoms with Gasteiger partial charge in [0, 0.05) is 37.5 Å². The summed E-state index contributed by atoms with van der Waals surface area (Å²) in [5.74, 6) is 0. The molecule has 0 aliphatic heterocycles. The number of hydrogen-bond donors (Lipinski definition) is 1. The van der Waals surface area contributed by atoms with Crippen LogP contribution in [0.4, 0.5) is 5.13 Å². The van der Waals surface area contributed by atoms with Gasteiger partial charge in [0.05, 0.1) is 12.3 Å². The van der Waals surface area contributed by atoms with E-state index >= 15 is 0 Å². The molecule has 2 atom stereocenters. The molecule has 4 aromatic rings. The predicted molar refractivity (Wildman–Crippen MR) is 119 cm³/mol. The van der Waals surface area contributed by atoms with Gasteiger partial charge < -0.3 is 10.1 Å². The summed E-state index contributed by atoms with van der Waals surface area (Å²) in [4.78, 5) is 10.4. The number of hydrogen-bond acceptors (Lipinski definition) is 6. The van der Waals surface area contributed by atoms with Crippen LogP contribution in [0.2, 0.25) is 0 Å². The van der Waals surface area contributed by atoms with Gasteiger partial charge in [-0.2, -0.15) is 5.10 Å². The zero-order valence-corrected chi connectivity index (χ0v) is 18.0. The number of nitrogens with zero attached hydrogens (tertiary/aromatic N) is 4. The normalized spacial score (nSPS) is 12.4. The van der Waals surface area contributed by atoms with Crippen LogP contribution in [-0.2, 0) is 11.8 Å². The fourth-order valence-corrected chi connectivity index (χ4v) is 4.41. The molecule has 0 radical (unpaired) electrons. The van der Waals surface area contributed by atoms with Crippen LogP contribution in [0, 0.1) is 0 Å². The highest BCUT2D eigenvalue weighted by Crippen LogP contribution is 2.32. The Bertz CT molecular complexity index is 1120. The SMILES string of the molecule is COC[C@H](C)Nc1nc2ccc(-c3cn(C)nc3-c3ccccc3P)nc2s1. The molecule has 0 fully saturated rings. The second-order valence-corrected chi connectivity index (χ2v) is 8.29. The standard InChI is InChI=1S/C20H22N5OPS/c1-12(11-26-3)21-20-23-16-9-8-15(22-19(16)28-20)14-10-25(2)24-18(14)13-6-4-5-7-17(13)27/h4-10,12H,11,27H2,1-3H3,(H,21,23)/t12-/m0/s1. The number of anilines is 1. The molecule has 0 spiro atoms. The van der Waals surface area contributed by atoms with Crippen LogP contribution in [0.5, 0.6) is 0 Å². The topological polar surface area (TPSA) is 64.9 Å². The van der Waals surface area contributed by atoms with Crippen molar-refractivity contribution in [3.05, 3.63) is 42.6 Å². The number of aryl methyl sites for hydroxylation is 1. The number of nitrogens with one attached hydrogen (secondary N) is 1. The lowest BCUT2D eigenvalue weighted by molar-refractivity contribution is 0.190. The molecule has 0 amide bonds. The minimum atomic E-state index is 0.188. The first-order valence-electron chi connectivity index (χ1n) is 8.97. The molecule has 0 saturated carbocycles. The van der Waals surface area contributed by atoms with Crippen molar-refractivity contribution in [2.75, 3.05) is 19.0 Å². The fraction of sp³-hybridized carbons (Fsp3) is 0.250. The minimum absolute atomic E-state index is 0.188. The molecule has 4 rings (SSSR count). The van der Waals surface area contributed by atoms with Gasteiger partial charge >= 0.3 is 0 Å². The predicted octanol–water partition coefficient (Wildman–Crippen LogP) is 3.71. The molecule has 3 aromatic heterocycles. The van der Waals surface area contributed by atoms with Gasteiger partial charge in [0.1, 0.15) is 16.0 Å². The monoisotopic (exact) mass is 411 g/mol. The third-order valence-corrected chi connectivity index (χ3v) is 5.76. The van der Waals surface area contributed by atoms with Gasteiger partial charge in [-0.15, -0.1) is 9.24 Å². The smallest absolute Gasteiger partial charge is 0.185 e. The van der Waals surface area contributed by atoms with Gasteiger partial charge in [-0.25, -0.2) is 9.97 Å². The molecular weight excluding hydrogens is 389 g/mol. The molecule has 0 saturated heterocycles. The first-order chi connectivity index (χ1) is 13.5. The van der Waals surface area contributed by atoms with Crippen molar-refractivity contribution in [1.82, 2.24) is 19.7 Å². The summed E-state index contributed by atoms with van der Waals surface area (Å²) < 4.78 is 7.01. The number of thiazole rings is 1. The lowest BCUT2D eigenvalue weighted by Crippen LogP contribution is -2.20. The van der Waals surface area contributed by atoms with Crippen LogP contribution in [-0.4, -0.2) is 39.5 Å². The molecule has 144 valence electrons. The summed E-state index contributed by atoms with van der Waals surface area (Å²) in [7, 11) is 6.41. The van der Waals surface area contributed by atoms with Crippen molar-refractivity contribution in [3.8, 4) is 22.5 Å². The average Bonchev–Trinajstić information content (AvgIpc) is 3.24.